The lowest BCUT2D eigenvalue weighted by atomic mass is 9.59. The molecule has 0 fully saturated rings. The first kappa shape index (κ1) is 37.4. The quantitative estimate of drug-likeness (QED) is 0.167. The van der Waals surface area contributed by atoms with Gasteiger partial charge in [0.25, 0.3) is 0 Å². The van der Waals surface area contributed by atoms with Gasteiger partial charge in [-0.15, -0.1) is 0 Å². The lowest BCUT2D eigenvalue weighted by Crippen LogP contribution is -2.35. The van der Waals surface area contributed by atoms with Gasteiger partial charge in [0.15, 0.2) is 0 Å². The second-order valence-electron chi connectivity index (χ2n) is 19.1. The zero-order valence-corrected chi connectivity index (χ0v) is 37.0. The molecule has 4 aliphatic rings. The summed E-state index contributed by atoms with van der Waals surface area (Å²) < 4.78 is 0. The van der Waals surface area contributed by atoms with Gasteiger partial charge in [0.1, 0.15) is 0 Å². The van der Waals surface area contributed by atoms with E-state index >= 15 is 0 Å². The van der Waals surface area contributed by atoms with Crippen LogP contribution in [0.3, 0.4) is 0 Å². The Morgan fingerprint density at radius 3 is 1.65 bits per heavy atom. The maximum atomic E-state index is 2.55. The van der Waals surface area contributed by atoms with Gasteiger partial charge in [-0.2, -0.15) is 0 Å². The van der Waals surface area contributed by atoms with Crippen molar-refractivity contribution < 1.29 is 0 Å². The van der Waals surface area contributed by atoms with Crippen LogP contribution in [0.2, 0.25) is 0 Å². The molecule has 66 heavy (non-hydrogen) atoms. The molecule has 10 aromatic carbocycles. The highest BCUT2D eigenvalue weighted by atomic mass is 15.1. The molecule has 0 aromatic heterocycles. The van der Waals surface area contributed by atoms with E-state index in [9.17, 15) is 0 Å². The van der Waals surface area contributed by atoms with Crippen LogP contribution < -0.4 is 4.90 Å². The molecule has 1 spiro atoms. The Labute approximate surface area is 387 Å². The summed E-state index contributed by atoms with van der Waals surface area (Å²) in [6.07, 6.45) is 0. The Hall–Kier alpha value is -8.00. The molecule has 0 aliphatic heterocycles. The molecule has 1 heteroatoms. The summed E-state index contributed by atoms with van der Waals surface area (Å²) in [5.74, 6) is 0.196. The Bertz CT molecular complexity index is 3630. The third kappa shape index (κ3) is 4.95. The number of anilines is 3. The van der Waals surface area contributed by atoms with Crippen LogP contribution in [0, 0.1) is 0 Å². The number of hydrogen-bond acceptors (Lipinski definition) is 1. The minimum absolute atomic E-state index is 0.137. The molecule has 4 aliphatic carbocycles. The molecule has 0 heterocycles. The largest absolute Gasteiger partial charge is 0.310 e. The number of fused-ring (bicyclic) bond motifs is 15. The predicted molar refractivity (Wildman–Crippen MR) is 273 cm³/mol. The van der Waals surface area contributed by atoms with Crippen LogP contribution in [0.4, 0.5) is 17.1 Å². The molecular weight excluding hydrogens is 795 g/mol. The van der Waals surface area contributed by atoms with E-state index in [4.69, 9.17) is 0 Å². The fourth-order valence-electron chi connectivity index (χ4n) is 12.8. The molecule has 0 amide bonds. The predicted octanol–water partition coefficient (Wildman–Crippen LogP) is 16.6. The average molecular weight is 840 g/mol. The minimum atomic E-state index is -0.495. The van der Waals surface area contributed by atoms with Crippen molar-refractivity contribution in [3.63, 3.8) is 0 Å². The maximum Gasteiger partial charge on any atom is 0.0719 e. The van der Waals surface area contributed by atoms with Crippen molar-refractivity contribution in [1.82, 2.24) is 0 Å². The molecule has 1 nitrogen and oxygen atoms in total. The van der Waals surface area contributed by atoms with Gasteiger partial charge in [-0.3, -0.25) is 0 Å². The number of nitrogens with zero attached hydrogens (tertiary/aromatic N) is 1. The monoisotopic (exact) mass is 839 g/mol. The van der Waals surface area contributed by atoms with Crippen molar-refractivity contribution in [2.24, 2.45) is 0 Å². The Morgan fingerprint density at radius 2 is 0.848 bits per heavy atom. The lowest BCUT2D eigenvalue weighted by molar-refractivity contribution is 0.660. The van der Waals surface area contributed by atoms with E-state index in [-0.39, 0.29) is 11.3 Å². The Balaban J connectivity index is 0.993. The topological polar surface area (TPSA) is 3.24 Å². The second-order valence-corrected chi connectivity index (χ2v) is 19.1. The van der Waals surface area contributed by atoms with E-state index in [1.807, 2.05) is 0 Å². The van der Waals surface area contributed by atoms with Gasteiger partial charge in [0, 0.05) is 28.3 Å². The maximum absolute atomic E-state index is 2.55. The first-order valence-electron chi connectivity index (χ1n) is 23.4. The standard InChI is InChI=1S/C65H45N/c1-64(2)55-26-12-8-21-48(55)50-38-36-45(40-59(50)64)66(44-34-31-42(32-35-44)41-17-4-3-5-18-41)61-30-15-11-19-46(61)43-33-37-51-49-22-9-13-27-56(49)65(60(51)39-43)57-28-14-10-24-54(57)62-52-23-7-6-20-47(52)53-25-16-29-58(65)63(53)62/h3-40,62H,1-2H3. The molecule has 2 unspecified atom stereocenters. The summed E-state index contributed by atoms with van der Waals surface area (Å²) in [6.45, 7) is 4.75. The van der Waals surface area contributed by atoms with Gasteiger partial charge in [-0.1, -0.05) is 208 Å². The fraction of sp³-hybridized carbons (Fsp3) is 0.0769. The van der Waals surface area contributed by atoms with Gasteiger partial charge in [-0.05, 0) is 137 Å². The number of rotatable bonds is 5. The molecule has 14 rings (SSSR count). The molecule has 0 saturated heterocycles. The van der Waals surface area contributed by atoms with E-state index < -0.39 is 5.41 Å². The highest BCUT2D eigenvalue weighted by Crippen LogP contribution is 2.65. The van der Waals surface area contributed by atoms with Gasteiger partial charge >= 0.3 is 0 Å². The lowest BCUT2D eigenvalue weighted by Gasteiger charge is -2.42. The van der Waals surface area contributed by atoms with E-state index in [0.29, 0.717) is 0 Å². The molecule has 0 N–H and O–H groups in total. The first-order chi connectivity index (χ1) is 32.5. The van der Waals surface area contributed by atoms with Crippen LogP contribution in [0.5, 0.6) is 0 Å². The number of benzene rings is 10. The van der Waals surface area contributed by atoms with E-state index in [1.54, 1.807) is 0 Å². The van der Waals surface area contributed by atoms with Crippen molar-refractivity contribution in [3.8, 4) is 55.6 Å². The van der Waals surface area contributed by atoms with Crippen LogP contribution in [-0.2, 0) is 10.8 Å². The third-order valence-corrected chi connectivity index (χ3v) is 15.6. The van der Waals surface area contributed by atoms with Gasteiger partial charge < -0.3 is 4.90 Å². The Morgan fingerprint density at radius 1 is 0.318 bits per heavy atom. The summed E-state index contributed by atoms with van der Waals surface area (Å²) in [5.41, 5.74) is 28.1. The Kier molecular flexibility index (Phi) is 7.79. The molecule has 310 valence electrons. The summed E-state index contributed by atoms with van der Waals surface area (Å²) in [7, 11) is 0. The van der Waals surface area contributed by atoms with E-state index in [1.165, 1.54) is 106 Å². The van der Waals surface area contributed by atoms with Crippen LogP contribution in [-0.4, -0.2) is 0 Å². The van der Waals surface area contributed by atoms with Crippen molar-refractivity contribution in [2.45, 2.75) is 30.6 Å². The van der Waals surface area contributed by atoms with Crippen LogP contribution in [0.15, 0.2) is 231 Å². The molecule has 0 bridgehead atoms. The van der Waals surface area contributed by atoms with E-state index in [2.05, 4.69) is 249 Å². The number of para-hydroxylation sites is 1. The van der Waals surface area contributed by atoms with Crippen LogP contribution >= 0.6 is 0 Å². The van der Waals surface area contributed by atoms with Gasteiger partial charge in [0.2, 0.25) is 0 Å². The number of hydrogen-bond donors (Lipinski definition) is 0. The van der Waals surface area contributed by atoms with Gasteiger partial charge in [0.05, 0.1) is 11.1 Å². The normalized spacial score (nSPS) is 17.0. The molecule has 10 aromatic rings. The average Bonchev–Trinajstić information content (AvgIpc) is 3.95. The second kappa shape index (κ2) is 13.8. The summed E-state index contributed by atoms with van der Waals surface area (Å²) in [4.78, 5) is 2.49. The zero-order valence-electron chi connectivity index (χ0n) is 37.0. The molecular formula is C65H45N. The first-order valence-corrected chi connectivity index (χ1v) is 23.4. The van der Waals surface area contributed by atoms with Crippen molar-refractivity contribution >= 4 is 17.1 Å². The molecule has 0 saturated carbocycles. The highest BCUT2D eigenvalue weighted by Gasteiger charge is 2.53. The summed E-state index contributed by atoms with van der Waals surface area (Å²) in [6, 6.07) is 87.0. The van der Waals surface area contributed by atoms with Gasteiger partial charge in [-0.25, -0.2) is 0 Å². The SMILES string of the molecule is CC1(C)c2ccccc2-c2ccc(N(c3ccc(-c4ccccc4)cc3)c3ccccc3-c3ccc4c(c3)C3(c5ccccc5-4)c4ccccc4C4c5ccccc5-c5cccc3c54)cc21. The smallest absolute Gasteiger partial charge is 0.0719 e. The van der Waals surface area contributed by atoms with Crippen molar-refractivity contribution in [1.29, 1.82) is 0 Å². The van der Waals surface area contributed by atoms with E-state index in [0.717, 1.165) is 17.1 Å². The zero-order chi connectivity index (χ0) is 43.7. The van der Waals surface area contributed by atoms with Crippen LogP contribution in [0.25, 0.3) is 55.6 Å². The molecule has 0 radical (unpaired) electrons. The summed E-state index contributed by atoms with van der Waals surface area (Å²) >= 11 is 0. The fourth-order valence-corrected chi connectivity index (χ4v) is 12.8. The van der Waals surface area contributed by atoms with Crippen LogP contribution in [0.1, 0.15) is 69.8 Å². The minimum Gasteiger partial charge on any atom is -0.310 e. The van der Waals surface area contributed by atoms with Crippen molar-refractivity contribution in [2.75, 3.05) is 4.90 Å². The summed E-state index contributed by atoms with van der Waals surface area (Å²) in [5, 5.41) is 0. The third-order valence-electron chi connectivity index (χ3n) is 15.6. The highest BCUT2D eigenvalue weighted by molar-refractivity contribution is 5.96. The molecule has 2 atom stereocenters. The van der Waals surface area contributed by atoms with Crippen molar-refractivity contribution in [3.05, 3.63) is 281 Å².